The first-order chi connectivity index (χ1) is 11.0. The number of benzene rings is 2. The van der Waals surface area contributed by atoms with Gasteiger partial charge in [-0.15, -0.1) is 0 Å². The van der Waals surface area contributed by atoms with Gasteiger partial charge < -0.3 is 10.5 Å². The van der Waals surface area contributed by atoms with Crippen LogP contribution >= 0.6 is 0 Å². The first kappa shape index (κ1) is 14.9. The van der Waals surface area contributed by atoms with Crippen LogP contribution in [-0.4, -0.2) is 22.7 Å². The third-order valence-corrected chi connectivity index (χ3v) is 3.28. The molecule has 0 saturated heterocycles. The van der Waals surface area contributed by atoms with Crippen LogP contribution < -0.4 is 10.5 Å². The molecule has 0 fully saturated rings. The molecule has 3 rings (SSSR count). The molecule has 3 aromatic rings. The van der Waals surface area contributed by atoms with Crippen LogP contribution in [0.4, 0.5) is 13.2 Å². The fourth-order valence-electron chi connectivity index (χ4n) is 2.34. The summed E-state index contributed by atoms with van der Waals surface area (Å²) in [5.74, 6) is -1.44. The number of hydrogen-bond donors (Lipinski definition) is 2. The number of nitrogens with two attached hydrogens (primary N) is 1. The first-order valence-electron chi connectivity index (χ1n) is 6.49. The van der Waals surface area contributed by atoms with E-state index in [0.29, 0.717) is 5.39 Å². The number of amides is 1. The van der Waals surface area contributed by atoms with Crippen LogP contribution in [-0.2, 0) is 0 Å². The van der Waals surface area contributed by atoms with Gasteiger partial charge >= 0.3 is 6.61 Å². The topological polar surface area (TPSA) is 81.0 Å². The van der Waals surface area contributed by atoms with E-state index < -0.39 is 18.3 Å². The smallest absolute Gasteiger partial charge is 0.387 e. The molecule has 0 aliphatic carbocycles. The van der Waals surface area contributed by atoms with E-state index in [1.165, 1.54) is 18.2 Å². The number of ether oxygens (including phenoxy) is 1. The van der Waals surface area contributed by atoms with E-state index in [9.17, 15) is 18.0 Å². The van der Waals surface area contributed by atoms with Crippen LogP contribution in [0.25, 0.3) is 22.2 Å². The van der Waals surface area contributed by atoms with E-state index in [1.54, 1.807) is 6.07 Å². The molecule has 1 aromatic heterocycles. The highest BCUT2D eigenvalue weighted by molar-refractivity contribution is 6.04. The first-order valence-corrected chi connectivity index (χ1v) is 6.49. The predicted octanol–water partition coefficient (Wildman–Crippen LogP) is 3.07. The molecule has 5 nitrogen and oxygen atoms in total. The van der Waals surface area contributed by atoms with Crippen molar-refractivity contribution in [2.45, 2.75) is 6.61 Å². The lowest BCUT2D eigenvalue weighted by atomic mass is 10.0. The standard InChI is InChI=1S/C15H10F3N3O2/c16-7-4-5-8(14(19)22)10(6-7)12-9-2-1-3-11(23-15(17)18)13(9)21-20-12/h1-6,15H,(H2,19,22)(H,20,21). The number of aromatic nitrogens is 2. The molecule has 0 saturated carbocycles. The van der Waals surface area contributed by atoms with Crippen molar-refractivity contribution in [3.05, 3.63) is 47.8 Å². The van der Waals surface area contributed by atoms with Gasteiger partial charge in [-0.1, -0.05) is 12.1 Å². The highest BCUT2D eigenvalue weighted by atomic mass is 19.3. The van der Waals surface area contributed by atoms with Crippen molar-refractivity contribution in [2.24, 2.45) is 5.73 Å². The number of primary amides is 1. The third-order valence-electron chi connectivity index (χ3n) is 3.28. The maximum atomic E-state index is 13.5. The van der Waals surface area contributed by atoms with E-state index in [1.807, 2.05) is 0 Å². The second-order valence-corrected chi connectivity index (χ2v) is 4.68. The zero-order valence-electron chi connectivity index (χ0n) is 11.5. The Morgan fingerprint density at radius 3 is 2.74 bits per heavy atom. The highest BCUT2D eigenvalue weighted by Gasteiger charge is 2.18. The summed E-state index contributed by atoms with van der Waals surface area (Å²) in [5, 5.41) is 6.96. The van der Waals surface area contributed by atoms with Crippen molar-refractivity contribution in [3.63, 3.8) is 0 Å². The Hall–Kier alpha value is -3.03. The maximum absolute atomic E-state index is 13.5. The fraction of sp³-hybridized carbons (Fsp3) is 0.0667. The fourth-order valence-corrected chi connectivity index (χ4v) is 2.34. The number of hydrogen-bond acceptors (Lipinski definition) is 3. The van der Waals surface area contributed by atoms with Gasteiger partial charge in [-0.3, -0.25) is 9.89 Å². The summed E-state index contributed by atoms with van der Waals surface area (Å²) in [6.07, 6.45) is 0. The summed E-state index contributed by atoms with van der Waals surface area (Å²) in [7, 11) is 0. The van der Waals surface area contributed by atoms with E-state index >= 15 is 0 Å². The molecule has 0 spiro atoms. The quantitative estimate of drug-likeness (QED) is 0.775. The van der Waals surface area contributed by atoms with Crippen LogP contribution in [0.3, 0.4) is 0 Å². The van der Waals surface area contributed by atoms with Crippen LogP contribution in [0.5, 0.6) is 5.75 Å². The molecule has 1 amide bonds. The zero-order chi connectivity index (χ0) is 16.6. The monoisotopic (exact) mass is 321 g/mol. The molecule has 2 aromatic carbocycles. The molecule has 0 radical (unpaired) electrons. The summed E-state index contributed by atoms with van der Waals surface area (Å²) in [4.78, 5) is 11.5. The van der Waals surface area contributed by atoms with Crippen LogP contribution in [0, 0.1) is 5.82 Å². The summed E-state index contributed by atoms with van der Waals surface area (Å²) < 4.78 is 42.8. The lowest BCUT2D eigenvalue weighted by Crippen LogP contribution is -2.12. The number of carbonyl (C=O) groups is 1. The van der Waals surface area contributed by atoms with Crippen LogP contribution in [0.15, 0.2) is 36.4 Å². The molecule has 0 aliphatic heterocycles. The van der Waals surface area contributed by atoms with Crippen molar-refractivity contribution < 1.29 is 22.7 Å². The lowest BCUT2D eigenvalue weighted by molar-refractivity contribution is -0.0489. The molecular formula is C15H10F3N3O2. The lowest BCUT2D eigenvalue weighted by Gasteiger charge is -2.06. The Labute approximate surface area is 127 Å². The van der Waals surface area contributed by atoms with Crippen LogP contribution in [0.2, 0.25) is 0 Å². The minimum absolute atomic E-state index is 0.0694. The average Bonchev–Trinajstić information content (AvgIpc) is 2.91. The normalized spacial score (nSPS) is 11.1. The predicted molar refractivity (Wildman–Crippen MR) is 76.6 cm³/mol. The molecule has 3 N–H and O–H groups in total. The van der Waals surface area contributed by atoms with Gasteiger partial charge in [0.25, 0.3) is 0 Å². The summed E-state index contributed by atoms with van der Waals surface area (Å²) in [6, 6.07) is 7.87. The van der Waals surface area contributed by atoms with E-state index in [0.717, 1.165) is 12.1 Å². The second kappa shape index (κ2) is 5.64. The molecule has 0 unspecified atom stereocenters. The molecule has 0 atom stereocenters. The summed E-state index contributed by atoms with van der Waals surface area (Å²) in [5.41, 5.74) is 5.95. The Bertz CT molecular complexity index is 893. The van der Waals surface area contributed by atoms with Gasteiger partial charge in [0, 0.05) is 16.5 Å². The number of halogens is 3. The molecular weight excluding hydrogens is 311 g/mol. The molecule has 8 heteroatoms. The van der Waals surface area contributed by atoms with Crippen molar-refractivity contribution in [3.8, 4) is 17.0 Å². The number of aromatic amines is 1. The Morgan fingerprint density at radius 1 is 1.26 bits per heavy atom. The zero-order valence-corrected chi connectivity index (χ0v) is 11.5. The van der Waals surface area contributed by atoms with Gasteiger partial charge in [-0.05, 0) is 24.3 Å². The average molecular weight is 321 g/mol. The maximum Gasteiger partial charge on any atom is 0.387 e. The number of rotatable bonds is 4. The Morgan fingerprint density at radius 2 is 2.04 bits per heavy atom. The molecule has 0 bridgehead atoms. The number of nitrogens with zero attached hydrogens (tertiary/aromatic N) is 1. The molecule has 23 heavy (non-hydrogen) atoms. The summed E-state index contributed by atoms with van der Waals surface area (Å²) in [6.45, 7) is -3.00. The third kappa shape index (κ3) is 2.70. The Balaban J connectivity index is 2.23. The number of nitrogens with one attached hydrogen (secondary N) is 1. The van der Waals surface area contributed by atoms with Gasteiger partial charge in [0.1, 0.15) is 17.0 Å². The van der Waals surface area contributed by atoms with Gasteiger partial charge in [-0.25, -0.2) is 4.39 Å². The van der Waals surface area contributed by atoms with Crippen LogP contribution in [0.1, 0.15) is 10.4 Å². The minimum atomic E-state index is -3.00. The summed E-state index contributed by atoms with van der Waals surface area (Å²) >= 11 is 0. The number of alkyl halides is 2. The number of H-pyrrole nitrogens is 1. The molecule has 118 valence electrons. The largest absolute Gasteiger partial charge is 0.433 e. The van der Waals surface area contributed by atoms with Crippen molar-refractivity contribution in [1.82, 2.24) is 10.2 Å². The Kier molecular flexibility index (Phi) is 3.65. The van der Waals surface area contributed by atoms with Crippen molar-refractivity contribution in [2.75, 3.05) is 0 Å². The second-order valence-electron chi connectivity index (χ2n) is 4.68. The van der Waals surface area contributed by atoms with Crippen molar-refractivity contribution >= 4 is 16.8 Å². The number of fused-ring (bicyclic) bond motifs is 1. The van der Waals surface area contributed by atoms with Gasteiger partial charge in [0.05, 0.1) is 0 Å². The van der Waals surface area contributed by atoms with E-state index in [4.69, 9.17) is 5.73 Å². The van der Waals surface area contributed by atoms with Gasteiger partial charge in [0.15, 0.2) is 5.75 Å². The van der Waals surface area contributed by atoms with E-state index in [2.05, 4.69) is 14.9 Å². The minimum Gasteiger partial charge on any atom is -0.433 e. The number of carbonyl (C=O) groups excluding carboxylic acids is 1. The van der Waals surface area contributed by atoms with Gasteiger partial charge in [-0.2, -0.15) is 13.9 Å². The van der Waals surface area contributed by atoms with Gasteiger partial charge in [0.2, 0.25) is 5.91 Å². The molecule has 1 heterocycles. The van der Waals surface area contributed by atoms with Crippen molar-refractivity contribution in [1.29, 1.82) is 0 Å². The molecule has 0 aliphatic rings. The highest BCUT2D eigenvalue weighted by Crippen LogP contribution is 2.34. The SMILES string of the molecule is NC(=O)c1ccc(F)cc1-c1n[nH]c2c(OC(F)F)cccc12. The van der Waals surface area contributed by atoms with E-state index in [-0.39, 0.29) is 28.1 Å². The number of para-hydroxylation sites is 1.